The van der Waals surface area contributed by atoms with Crippen molar-refractivity contribution in [1.82, 2.24) is 0 Å². The maximum absolute atomic E-state index is 11.0. The third-order valence-electron chi connectivity index (χ3n) is 2.08. The van der Waals surface area contributed by atoms with E-state index in [4.69, 9.17) is 14.6 Å². The summed E-state index contributed by atoms with van der Waals surface area (Å²) >= 11 is 0. The first-order valence-corrected chi connectivity index (χ1v) is 5.62. The van der Waals surface area contributed by atoms with Crippen LogP contribution in [0.1, 0.15) is 19.8 Å². The summed E-state index contributed by atoms with van der Waals surface area (Å²) in [5.41, 5.74) is 0.176. The third-order valence-corrected chi connectivity index (χ3v) is 2.08. The molecule has 0 aromatic heterocycles. The molecule has 0 amide bonds. The third kappa shape index (κ3) is 9.74. The summed E-state index contributed by atoms with van der Waals surface area (Å²) in [6.07, 6.45) is 1.68. The molecule has 0 radical (unpaired) electrons. The Labute approximate surface area is 107 Å². The van der Waals surface area contributed by atoms with Crippen LogP contribution in [0.4, 0.5) is 0 Å². The van der Waals surface area contributed by atoms with Crippen LogP contribution >= 0.6 is 0 Å². The number of rotatable bonds is 5. The van der Waals surface area contributed by atoms with Gasteiger partial charge in [-0.2, -0.15) is 0 Å². The fourth-order valence-electron chi connectivity index (χ4n) is 0.963. The molecule has 0 aliphatic carbocycles. The molecular weight excluding hydrogens is 236 g/mol. The fourth-order valence-corrected chi connectivity index (χ4v) is 0.963. The summed E-state index contributed by atoms with van der Waals surface area (Å²) < 4.78 is 9.84. The number of ether oxygens (including phenoxy) is 2. The average molecular weight is 256 g/mol. The number of carbonyl (C=O) groups is 2. The van der Waals surface area contributed by atoms with E-state index in [0.717, 1.165) is 13.2 Å². The molecule has 0 aromatic carbocycles. The van der Waals surface area contributed by atoms with Gasteiger partial charge >= 0.3 is 5.97 Å². The lowest BCUT2D eigenvalue weighted by Crippen LogP contribution is -2.05. The largest absolute Gasteiger partial charge is 0.478 e. The number of epoxide rings is 2. The summed E-state index contributed by atoms with van der Waals surface area (Å²) in [6.45, 7) is 12.2. The van der Waals surface area contributed by atoms with E-state index in [0.29, 0.717) is 12.8 Å². The van der Waals surface area contributed by atoms with E-state index in [2.05, 4.69) is 19.7 Å². The van der Waals surface area contributed by atoms with Crippen molar-refractivity contribution < 1.29 is 24.2 Å². The van der Waals surface area contributed by atoms with E-state index in [1.54, 1.807) is 0 Å². The van der Waals surface area contributed by atoms with Crippen molar-refractivity contribution >= 4 is 11.8 Å². The molecule has 2 fully saturated rings. The number of Topliss-reactive ketones (excluding diaryl/α,β-unsaturated/α-hetero) is 1. The predicted octanol–water partition coefficient (Wildman–Crippen LogP) is 1.58. The normalized spacial score (nSPS) is 22.5. The number of hydrogen-bond donors (Lipinski definition) is 1. The Hall–Kier alpha value is -1.46. The molecule has 0 saturated carbocycles. The second kappa shape index (κ2) is 8.60. The fraction of sp³-hybridized carbons (Fsp3) is 0.538. The molecule has 0 spiro atoms. The first-order chi connectivity index (χ1) is 8.49. The van der Waals surface area contributed by atoms with Crippen molar-refractivity contribution in [2.24, 2.45) is 0 Å². The molecule has 18 heavy (non-hydrogen) atoms. The zero-order valence-corrected chi connectivity index (χ0v) is 10.7. The Kier molecular flexibility index (Phi) is 7.91. The smallest absolute Gasteiger partial charge is 0.330 e. The highest BCUT2D eigenvalue weighted by Crippen LogP contribution is 2.19. The zero-order chi connectivity index (χ0) is 14.1. The average Bonchev–Trinajstić information content (AvgIpc) is 3.18. The maximum atomic E-state index is 11.0. The van der Waals surface area contributed by atoms with Crippen LogP contribution in [0.5, 0.6) is 0 Å². The quantitative estimate of drug-likeness (QED) is 0.459. The van der Waals surface area contributed by atoms with Crippen molar-refractivity contribution in [2.75, 3.05) is 13.2 Å². The van der Waals surface area contributed by atoms with E-state index >= 15 is 0 Å². The minimum atomic E-state index is -0.935. The molecule has 0 bridgehead atoms. The van der Waals surface area contributed by atoms with Crippen molar-refractivity contribution in [3.05, 3.63) is 25.3 Å². The van der Waals surface area contributed by atoms with E-state index in [-0.39, 0.29) is 23.6 Å². The number of aliphatic carboxylic acids is 1. The van der Waals surface area contributed by atoms with Crippen LogP contribution in [0.3, 0.4) is 0 Å². The van der Waals surface area contributed by atoms with Gasteiger partial charge in [0, 0.05) is 18.4 Å². The molecule has 5 nitrogen and oxygen atoms in total. The molecule has 5 heteroatoms. The Morgan fingerprint density at radius 1 is 1.17 bits per heavy atom. The van der Waals surface area contributed by atoms with Crippen molar-refractivity contribution in [3.8, 4) is 0 Å². The minimum absolute atomic E-state index is 0.176. The molecule has 102 valence electrons. The molecule has 0 aromatic rings. The highest BCUT2D eigenvalue weighted by molar-refractivity contribution is 5.84. The number of hydrogen-bond acceptors (Lipinski definition) is 4. The summed E-state index contributed by atoms with van der Waals surface area (Å²) in [5.74, 6) is -0.653. The van der Waals surface area contributed by atoms with Gasteiger partial charge in [-0.25, -0.2) is 4.79 Å². The van der Waals surface area contributed by atoms with Crippen LogP contribution in [0.2, 0.25) is 0 Å². The van der Waals surface area contributed by atoms with Gasteiger partial charge in [-0.1, -0.05) is 6.58 Å². The molecule has 2 aliphatic heterocycles. The molecule has 2 aliphatic rings. The summed E-state index contributed by atoms with van der Waals surface area (Å²) in [4.78, 5) is 20.6. The minimum Gasteiger partial charge on any atom is -0.478 e. The lowest BCUT2D eigenvalue weighted by Gasteiger charge is -1.91. The van der Waals surface area contributed by atoms with Crippen LogP contribution in [0.15, 0.2) is 25.3 Å². The molecule has 2 unspecified atom stereocenters. The van der Waals surface area contributed by atoms with Gasteiger partial charge < -0.3 is 14.6 Å². The summed E-state index contributed by atoms with van der Waals surface area (Å²) in [7, 11) is 0. The van der Waals surface area contributed by atoms with Gasteiger partial charge in [-0.15, -0.1) is 13.2 Å². The lowest BCUT2D eigenvalue weighted by molar-refractivity contribution is -0.132. The monoisotopic (exact) mass is 256 g/mol. The second-order valence-corrected chi connectivity index (χ2v) is 3.94. The summed E-state index contributed by atoms with van der Waals surface area (Å²) in [6, 6.07) is 0. The Morgan fingerprint density at radius 3 is 1.61 bits per heavy atom. The van der Waals surface area contributed by atoms with Crippen LogP contribution in [-0.2, 0) is 19.1 Å². The molecule has 2 atom stereocenters. The van der Waals surface area contributed by atoms with E-state index in [1.165, 1.54) is 6.92 Å². The highest BCUT2D eigenvalue weighted by Gasteiger charge is 2.30. The Bertz CT molecular complexity index is 275. The van der Waals surface area contributed by atoms with E-state index < -0.39 is 5.97 Å². The molecule has 1 N–H and O–H groups in total. The molecule has 2 rings (SSSR count). The topological polar surface area (TPSA) is 79.4 Å². The first kappa shape index (κ1) is 16.5. The highest BCUT2D eigenvalue weighted by atomic mass is 16.6. The summed E-state index contributed by atoms with van der Waals surface area (Å²) in [5, 5.41) is 7.89. The van der Waals surface area contributed by atoms with Crippen LogP contribution in [0, 0.1) is 0 Å². The van der Waals surface area contributed by atoms with Crippen LogP contribution in [-0.4, -0.2) is 42.3 Å². The molecule has 2 heterocycles. The Morgan fingerprint density at radius 2 is 1.44 bits per heavy atom. The van der Waals surface area contributed by atoms with Crippen molar-refractivity contribution in [1.29, 1.82) is 0 Å². The number of carboxylic acids is 1. The number of ketones is 1. The number of carbonyl (C=O) groups excluding carboxylic acids is 1. The van der Waals surface area contributed by atoms with E-state index in [1.807, 2.05) is 0 Å². The van der Waals surface area contributed by atoms with Gasteiger partial charge in [0.05, 0.1) is 25.4 Å². The molecule has 2 saturated heterocycles. The van der Waals surface area contributed by atoms with Gasteiger partial charge in [0.25, 0.3) is 0 Å². The van der Waals surface area contributed by atoms with Gasteiger partial charge in [-0.3, -0.25) is 4.79 Å². The van der Waals surface area contributed by atoms with Gasteiger partial charge in [0.15, 0.2) is 0 Å². The predicted molar refractivity (Wildman–Crippen MR) is 67.4 cm³/mol. The standard InChI is InChI=1S/C7H10O3.C4H6O2.C2H4/c8-5(1-6-3-9-6)2-7-4-10-7;1-3(2)4(5)6;1-2/h6-7H,1-4H2;1H2,2H3,(H,5,6);1-2H2. The van der Waals surface area contributed by atoms with E-state index in [9.17, 15) is 9.59 Å². The molecular formula is C13H20O5. The maximum Gasteiger partial charge on any atom is 0.330 e. The number of carboxylic acid groups (broad SMARTS) is 1. The SMILES string of the molecule is C=C.C=C(C)C(=O)O.O=C(CC1CO1)CC1CO1. The van der Waals surface area contributed by atoms with Crippen LogP contribution < -0.4 is 0 Å². The zero-order valence-electron chi connectivity index (χ0n) is 10.7. The lowest BCUT2D eigenvalue weighted by atomic mass is 10.1. The van der Waals surface area contributed by atoms with Gasteiger partial charge in [0.2, 0.25) is 0 Å². The second-order valence-electron chi connectivity index (χ2n) is 3.94. The van der Waals surface area contributed by atoms with Crippen LogP contribution in [0.25, 0.3) is 0 Å². The first-order valence-electron chi connectivity index (χ1n) is 5.62. The van der Waals surface area contributed by atoms with Crippen molar-refractivity contribution in [2.45, 2.75) is 32.0 Å². The van der Waals surface area contributed by atoms with Gasteiger partial charge in [-0.05, 0) is 6.92 Å². The van der Waals surface area contributed by atoms with Crippen molar-refractivity contribution in [3.63, 3.8) is 0 Å². The van der Waals surface area contributed by atoms with Gasteiger partial charge in [0.1, 0.15) is 5.78 Å². The Balaban J connectivity index is 0.000000315.